The van der Waals surface area contributed by atoms with E-state index in [1.54, 1.807) is 0 Å². The molecule has 3 rings (SSSR count). The largest absolute Gasteiger partial charge is 0.488 e. The van der Waals surface area contributed by atoms with Crippen LogP contribution in [0, 0.1) is 0 Å². The average molecular weight is 288 g/mol. The van der Waals surface area contributed by atoms with Crippen LogP contribution in [0.3, 0.4) is 0 Å². The maximum atomic E-state index is 6.15. The highest BCUT2D eigenvalue weighted by Crippen LogP contribution is 2.32. The summed E-state index contributed by atoms with van der Waals surface area (Å²) in [6, 6.07) is 8.45. The summed E-state index contributed by atoms with van der Waals surface area (Å²) in [6.07, 6.45) is 2.50. The van der Waals surface area contributed by atoms with E-state index in [4.69, 9.17) is 4.74 Å². The van der Waals surface area contributed by atoms with Crippen molar-refractivity contribution in [3.8, 4) is 5.75 Å². The average Bonchev–Trinajstić information content (AvgIpc) is 2.85. The van der Waals surface area contributed by atoms with Crippen molar-refractivity contribution >= 4 is 0 Å². The minimum Gasteiger partial charge on any atom is -0.488 e. The maximum Gasteiger partial charge on any atom is 0.123 e. The molecule has 21 heavy (non-hydrogen) atoms. The SMILES string of the molecule is CCC1(C)CNC(C)(C)CN1CC1Cc2ccccc2O1. The van der Waals surface area contributed by atoms with Gasteiger partial charge in [0.05, 0.1) is 0 Å². The Kier molecular flexibility index (Phi) is 3.74. The third-order valence-electron chi connectivity index (χ3n) is 5.20. The van der Waals surface area contributed by atoms with Crippen LogP contribution in [0.1, 0.15) is 39.7 Å². The van der Waals surface area contributed by atoms with Crippen molar-refractivity contribution in [2.24, 2.45) is 0 Å². The van der Waals surface area contributed by atoms with Gasteiger partial charge in [-0.2, -0.15) is 0 Å². The van der Waals surface area contributed by atoms with Crippen LogP contribution in [0.2, 0.25) is 0 Å². The summed E-state index contributed by atoms with van der Waals surface area (Å²) in [5, 5.41) is 3.69. The molecule has 116 valence electrons. The second-order valence-corrected chi connectivity index (χ2v) is 7.52. The first-order valence-corrected chi connectivity index (χ1v) is 8.16. The van der Waals surface area contributed by atoms with Crippen molar-refractivity contribution in [2.45, 2.75) is 57.7 Å². The van der Waals surface area contributed by atoms with E-state index < -0.39 is 0 Å². The molecular formula is C18H28N2O. The van der Waals surface area contributed by atoms with Crippen LogP contribution in [-0.4, -0.2) is 41.7 Å². The van der Waals surface area contributed by atoms with Crippen LogP contribution in [0.25, 0.3) is 0 Å². The van der Waals surface area contributed by atoms with Crippen LogP contribution in [0.5, 0.6) is 5.75 Å². The van der Waals surface area contributed by atoms with Gasteiger partial charge in [-0.25, -0.2) is 0 Å². The van der Waals surface area contributed by atoms with Crippen molar-refractivity contribution in [1.29, 1.82) is 0 Å². The van der Waals surface area contributed by atoms with E-state index >= 15 is 0 Å². The lowest BCUT2D eigenvalue weighted by Crippen LogP contribution is -2.68. The van der Waals surface area contributed by atoms with Gasteiger partial charge < -0.3 is 10.1 Å². The van der Waals surface area contributed by atoms with Gasteiger partial charge in [0.15, 0.2) is 0 Å². The lowest BCUT2D eigenvalue weighted by Gasteiger charge is -2.51. The summed E-state index contributed by atoms with van der Waals surface area (Å²) in [5.41, 5.74) is 1.77. The number of benzene rings is 1. The lowest BCUT2D eigenvalue weighted by molar-refractivity contribution is 0.000299. The maximum absolute atomic E-state index is 6.15. The second-order valence-electron chi connectivity index (χ2n) is 7.52. The van der Waals surface area contributed by atoms with E-state index in [2.05, 4.69) is 62.2 Å². The Morgan fingerprint density at radius 1 is 1.29 bits per heavy atom. The highest BCUT2D eigenvalue weighted by atomic mass is 16.5. The molecule has 1 saturated heterocycles. The van der Waals surface area contributed by atoms with Gasteiger partial charge in [0, 0.05) is 37.1 Å². The summed E-state index contributed by atoms with van der Waals surface area (Å²) in [4.78, 5) is 2.64. The van der Waals surface area contributed by atoms with Crippen molar-refractivity contribution in [3.63, 3.8) is 0 Å². The Bertz CT molecular complexity index is 489. The first-order chi connectivity index (χ1) is 9.92. The zero-order valence-corrected chi connectivity index (χ0v) is 13.8. The fourth-order valence-corrected chi connectivity index (χ4v) is 3.50. The van der Waals surface area contributed by atoms with Crippen LogP contribution >= 0.6 is 0 Å². The lowest BCUT2D eigenvalue weighted by atomic mass is 9.87. The fraction of sp³-hybridized carbons (Fsp3) is 0.667. The number of rotatable bonds is 3. The first kappa shape index (κ1) is 14.9. The van der Waals surface area contributed by atoms with Gasteiger partial charge in [0.1, 0.15) is 11.9 Å². The summed E-state index contributed by atoms with van der Waals surface area (Å²) in [7, 11) is 0. The summed E-state index contributed by atoms with van der Waals surface area (Å²) < 4.78 is 6.15. The Morgan fingerprint density at radius 2 is 2.05 bits per heavy atom. The molecule has 2 atom stereocenters. The van der Waals surface area contributed by atoms with Gasteiger partial charge in [0.25, 0.3) is 0 Å². The predicted octanol–water partition coefficient (Wildman–Crippen LogP) is 2.84. The van der Waals surface area contributed by atoms with Crippen molar-refractivity contribution in [3.05, 3.63) is 29.8 Å². The Hall–Kier alpha value is -1.06. The Labute approximate surface area is 128 Å². The molecule has 0 aliphatic carbocycles. The second kappa shape index (κ2) is 5.29. The van der Waals surface area contributed by atoms with Gasteiger partial charge >= 0.3 is 0 Å². The van der Waals surface area contributed by atoms with E-state index in [9.17, 15) is 0 Å². The zero-order chi connectivity index (χ0) is 15.1. The quantitative estimate of drug-likeness (QED) is 0.925. The number of piperazine rings is 1. The van der Waals surface area contributed by atoms with E-state index in [0.717, 1.165) is 38.2 Å². The third-order valence-corrected chi connectivity index (χ3v) is 5.20. The minimum atomic E-state index is 0.181. The number of nitrogens with one attached hydrogen (secondary N) is 1. The number of fused-ring (bicyclic) bond motifs is 1. The molecule has 1 aromatic carbocycles. The first-order valence-electron chi connectivity index (χ1n) is 8.16. The number of para-hydroxylation sites is 1. The molecule has 2 aliphatic heterocycles. The molecule has 0 amide bonds. The molecule has 2 heterocycles. The molecule has 0 spiro atoms. The number of hydrogen-bond donors (Lipinski definition) is 1. The smallest absolute Gasteiger partial charge is 0.123 e. The number of hydrogen-bond acceptors (Lipinski definition) is 3. The normalized spacial score (nSPS) is 31.7. The highest BCUT2D eigenvalue weighted by Gasteiger charge is 2.41. The minimum absolute atomic E-state index is 0.181. The van der Waals surface area contributed by atoms with Crippen molar-refractivity contribution in [1.82, 2.24) is 10.2 Å². The van der Waals surface area contributed by atoms with Crippen LogP contribution in [-0.2, 0) is 6.42 Å². The molecule has 0 bridgehead atoms. The summed E-state index contributed by atoms with van der Waals surface area (Å²) in [6.45, 7) is 12.4. The molecule has 1 N–H and O–H groups in total. The van der Waals surface area contributed by atoms with Crippen LogP contribution in [0.4, 0.5) is 0 Å². The predicted molar refractivity (Wildman–Crippen MR) is 86.9 cm³/mol. The standard InChI is InChI=1S/C18H28N2O/c1-5-18(4)12-19-17(2,3)13-20(18)11-15-10-14-8-6-7-9-16(14)21-15/h6-9,15,19H,5,10-13H2,1-4H3. The van der Waals surface area contributed by atoms with E-state index in [1.165, 1.54) is 5.56 Å². The molecule has 1 fully saturated rings. The molecule has 0 radical (unpaired) electrons. The summed E-state index contributed by atoms with van der Waals surface area (Å²) >= 11 is 0. The molecule has 0 saturated carbocycles. The number of nitrogens with zero attached hydrogens (tertiary/aromatic N) is 1. The Morgan fingerprint density at radius 3 is 2.76 bits per heavy atom. The monoisotopic (exact) mass is 288 g/mol. The van der Waals surface area contributed by atoms with Crippen molar-refractivity contribution in [2.75, 3.05) is 19.6 Å². The molecule has 2 unspecified atom stereocenters. The molecule has 2 aliphatic rings. The third kappa shape index (κ3) is 2.95. The van der Waals surface area contributed by atoms with Crippen molar-refractivity contribution < 1.29 is 4.74 Å². The molecule has 0 aromatic heterocycles. The zero-order valence-electron chi connectivity index (χ0n) is 13.8. The topological polar surface area (TPSA) is 24.5 Å². The highest BCUT2D eigenvalue weighted by molar-refractivity contribution is 5.37. The number of ether oxygens (including phenoxy) is 1. The summed E-state index contributed by atoms with van der Waals surface area (Å²) in [5.74, 6) is 1.08. The fourth-order valence-electron chi connectivity index (χ4n) is 3.50. The van der Waals surface area contributed by atoms with E-state index in [0.29, 0.717) is 6.10 Å². The molecular weight excluding hydrogens is 260 g/mol. The molecule has 1 aromatic rings. The van der Waals surface area contributed by atoms with Gasteiger partial charge in [-0.3, -0.25) is 4.90 Å². The van der Waals surface area contributed by atoms with Crippen LogP contribution in [0.15, 0.2) is 24.3 Å². The van der Waals surface area contributed by atoms with Gasteiger partial charge in [-0.05, 0) is 38.8 Å². The Balaban J connectivity index is 1.71. The van der Waals surface area contributed by atoms with E-state index in [-0.39, 0.29) is 11.1 Å². The molecule has 3 heteroatoms. The van der Waals surface area contributed by atoms with E-state index in [1.807, 2.05) is 0 Å². The van der Waals surface area contributed by atoms with Crippen LogP contribution < -0.4 is 10.1 Å². The molecule has 3 nitrogen and oxygen atoms in total. The van der Waals surface area contributed by atoms with Gasteiger partial charge in [-0.1, -0.05) is 25.1 Å². The van der Waals surface area contributed by atoms with Gasteiger partial charge in [0.2, 0.25) is 0 Å². The van der Waals surface area contributed by atoms with Gasteiger partial charge in [-0.15, -0.1) is 0 Å².